The molecule has 1 heterocycles. The van der Waals surface area contributed by atoms with Gasteiger partial charge in [0.15, 0.2) is 0 Å². The van der Waals surface area contributed by atoms with Crippen molar-refractivity contribution in [2.45, 2.75) is 0 Å². The lowest BCUT2D eigenvalue weighted by molar-refractivity contribution is 0.414. The van der Waals surface area contributed by atoms with Gasteiger partial charge in [-0.3, -0.25) is 0 Å². The highest BCUT2D eigenvalue weighted by molar-refractivity contribution is 9.10. The van der Waals surface area contributed by atoms with Gasteiger partial charge in [0.25, 0.3) is 0 Å². The standard InChI is InChI=1S/C9H8BrN3O2/c1-15-6-2-3-7(10)8(4-6)13-5-11-12-9(13)14/h2-5H,1H3,(H,12,14). The number of ether oxygens (including phenoxy) is 1. The van der Waals surface area contributed by atoms with E-state index < -0.39 is 0 Å². The maximum atomic E-state index is 11.4. The zero-order chi connectivity index (χ0) is 10.8. The molecule has 1 aromatic heterocycles. The maximum absolute atomic E-state index is 11.4. The Hall–Kier alpha value is -1.56. The second-order valence-corrected chi connectivity index (χ2v) is 3.70. The van der Waals surface area contributed by atoms with Crippen LogP contribution in [0.2, 0.25) is 0 Å². The van der Waals surface area contributed by atoms with Crippen LogP contribution in [0.1, 0.15) is 0 Å². The lowest BCUT2D eigenvalue weighted by Crippen LogP contribution is -2.14. The second-order valence-electron chi connectivity index (χ2n) is 2.85. The molecule has 15 heavy (non-hydrogen) atoms. The molecule has 0 aliphatic rings. The molecule has 0 aliphatic carbocycles. The molecule has 6 heteroatoms. The van der Waals surface area contributed by atoms with Gasteiger partial charge in [0.2, 0.25) is 0 Å². The molecule has 0 saturated heterocycles. The third kappa shape index (κ3) is 1.80. The predicted molar refractivity (Wildman–Crippen MR) is 58.4 cm³/mol. The molecule has 2 aromatic rings. The normalized spacial score (nSPS) is 10.3. The van der Waals surface area contributed by atoms with Crippen molar-refractivity contribution in [3.8, 4) is 11.4 Å². The monoisotopic (exact) mass is 269 g/mol. The number of benzene rings is 1. The van der Waals surface area contributed by atoms with Gasteiger partial charge >= 0.3 is 5.69 Å². The van der Waals surface area contributed by atoms with E-state index in [0.29, 0.717) is 11.4 Å². The van der Waals surface area contributed by atoms with Gasteiger partial charge in [-0.1, -0.05) is 0 Å². The molecule has 0 atom stereocenters. The number of aromatic nitrogens is 3. The first-order chi connectivity index (χ1) is 7.22. The summed E-state index contributed by atoms with van der Waals surface area (Å²) in [4.78, 5) is 11.4. The lowest BCUT2D eigenvalue weighted by Gasteiger charge is -2.06. The molecule has 1 N–H and O–H groups in total. The van der Waals surface area contributed by atoms with Crippen LogP contribution in [-0.4, -0.2) is 21.9 Å². The highest BCUT2D eigenvalue weighted by atomic mass is 79.9. The number of aromatic amines is 1. The van der Waals surface area contributed by atoms with E-state index in [4.69, 9.17) is 4.74 Å². The highest BCUT2D eigenvalue weighted by Gasteiger charge is 2.06. The first-order valence-electron chi connectivity index (χ1n) is 4.18. The number of nitrogens with one attached hydrogen (secondary N) is 1. The summed E-state index contributed by atoms with van der Waals surface area (Å²) in [6.45, 7) is 0. The van der Waals surface area contributed by atoms with Crippen LogP contribution in [0.25, 0.3) is 5.69 Å². The Morgan fingerprint density at radius 1 is 1.53 bits per heavy atom. The number of hydrogen-bond acceptors (Lipinski definition) is 3. The summed E-state index contributed by atoms with van der Waals surface area (Å²) >= 11 is 3.36. The lowest BCUT2D eigenvalue weighted by atomic mass is 10.3. The smallest absolute Gasteiger partial charge is 0.347 e. The molecule has 0 bridgehead atoms. The Kier molecular flexibility index (Phi) is 2.59. The molecular weight excluding hydrogens is 262 g/mol. The zero-order valence-corrected chi connectivity index (χ0v) is 9.48. The van der Waals surface area contributed by atoms with E-state index >= 15 is 0 Å². The fraction of sp³-hybridized carbons (Fsp3) is 0.111. The highest BCUT2D eigenvalue weighted by Crippen LogP contribution is 2.24. The molecule has 5 nitrogen and oxygen atoms in total. The van der Waals surface area contributed by atoms with Gasteiger partial charge in [-0.2, -0.15) is 5.10 Å². The molecule has 0 radical (unpaired) electrons. The van der Waals surface area contributed by atoms with Crippen molar-refractivity contribution in [2.75, 3.05) is 7.11 Å². The average Bonchev–Trinajstić information content (AvgIpc) is 2.65. The summed E-state index contributed by atoms with van der Waals surface area (Å²) in [7, 11) is 1.57. The summed E-state index contributed by atoms with van der Waals surface area (Å²) in [5.74, 6) is 0.682. The number of H-pyrrole nitrogens is 1. The van der Waals surface area contributed by atoms with E-state index in [1.54, 1.807) is 19.2 Å². The van der Waals surface area contributed by atoms with Crippen molar-refractivity contribution in [1.29, 1.82) is 0 Å². The van der Waals surface area contributed by atoms with Crippen LogP contribution >= 0.6 is 15.9 Å². The van der Waals surface area contributed by atoms with E-state index in [-0.39, 0.29) is 5.69 Å². The van der Waals surface area contributed by atoms with Crippen LogP contribution in [0, 0.1) is 0 Å². The Bertz CT molecular complexity index is 532. The van der Waals surface area contributed by atoms with Crippen LogP contribution in [0.15, 0.2) is 33.8 Å². The molecule has 0 aliphatic heterocycles. The molecule has 0 unspecified atom stereocenters. The van der Waals surface area contributed by atoms with E-state index in [2.05, 4.69) is 26.1 Å². The molecule has 2 rings (SSSR count). The molecule has 78 valence electrons. The van der Waals surface area contributed by atoms with E-state index in [1.165, 1.54) is 10.9 Å². The Morgan fingerprint density at radius 2 is 2.33 bits per heavy atom. The zero-order valence-electron chi connectivity index (χ0n) is 7.90. The van der Waals surface area contributed by atoms with Crippen molar-refractivity contribution in [1.82, 2.24) is 14.8 Å². The minimum atomic E-state index is -0.288. The number of nitrogens with zero attached hydrogens (tertiary/aromatic N) is 2. The van der Waals surface area contributed by atoms with Crippen LogP contribution in [0.3, 0.4) is 0 Å². The van der Waals surface area contributed by atoms with Crippen LogP contribution in [-0.2, 0) is 0 Å². The fourth-order valence-corrected chi connectivity index (χ4v) is 1.66. The Labute approximate surface area is 93.8 Å². The minimum Gasteiger partial charge on any atom is -0.497 e. The van der Waals surface area contributed by atoms with Gasteiger partial charge < -0.3 is 4.74 Å². The van der Waals surface area contributed by atoms with Gasteiger partial charge in [0.1, 0.15) is 12.1 Å². The van der Waals surface area contributed by atoms with Crippen LogP contribution in [0.5, 0.6) is 5.75 Å². The van der Waals surface area contributed by atoms with Crippen molar-refractivity contribution in [3.05, 3.63) is 39.5 Å². The molecule has 0 amide bonds. The largest absolute Gasteiger partial charge is 0.497 e. The Balaban J connectivity index is 2.62. The average molecular weight is 270 g/mol. The third-order valence-corrected chi connectivity index (χ3v) is 2.64. The summed E-state index contributed by atoms with van der Waals surface area (Å²) in [6.07, 6.45) is 1.42. The summed E-state index contributed by atoms with van der Waals surface area (Å²) in [5.41, 5.74) is 0.400. The summed E-state index contributed by atoms with van der Waals surface area (Å²) < 4.78 is 7.27. The minimum absolute atomic E-state index is 0.288. The summed E-state index contributed by atoms with van der Waals surface area (Å²) in [6, 6.07) is 5.37. The first-order valence-corrected chi connectivity index (χ1v) is 4.97. The van der Waals surface area contributed by atoms with Crippen molar-refractivity contribution in [3.63, 3.8) is 0 Å². The number of methoxy groups -OCH3 is 1. The SMILES string of the molecule is COc1ccc(Br)c(-n2cn[nH]c2=O)c1. The number of halogens is 1. The number of rotatable bonds is 2. The van der Waals surface area contributed by atoms with Crippen LogP contribution in [0.4, 0.5) is 0 Å². The van der Waals surface area contributed by atoms with E-state index in [1.807, 2.05) is 6.07 Å². The molecular formula is C9H8BrN3O2. The second kappa shape index (κ2) is 3.90. The van der Waals surface area contributed by atoms with Gasteiger partial charge in [-0.05, 0) is 28.1 Å². The predicted octanol–water partition coefficient (Wildman–Crippen LogP) is 1.33. The molecule has 0 fully saturated rings. The molecule has 1 aromatic carbocycles. The van der Waals surface area contributed by atoms with E-state index in [0.717, 1.165) is 4.47 Å². The molecule has 0 spiro atoms. The van der Waals surface area contributed by atoms with Crippen molar-refractivity contribution < 1.29 is 4.74 Å². The Morgan fingerprint density at radius 3 is 2.93 bits per heavy atom. The molecule has 0 saturated carbocycles. The fourth-order valence-electron chi connectivity index (χ4n) is 1.22. The maximum Gasteiger partial charge on any atom is 0.347 e. The van der Waals surface area contributed by atoms with Gasteiger partial charge in [-0.25, -0.2) is 14.5 Å². The van der Waals surface area contributed by atoms with Crippen LogP contribution < -0.4 is 10.4 Å². The third-order valence-electron chi connectivity index (χ3n) is 1.97. The number of hydrogen-bond donors (Lipinski definition) is 1. The quantitative estimate of drug-likeness (QED) is 0.895. The van der Waals surface area contributed by atoms with Gasteiger partial charge in [-0.15, -0.1) is 0 Å². The van der Waals surface area contributed by atoms with Gasteiger partial charge in [0.05, 0.1) is 12.8 Å². The summed E-state index contributed by atoms with van der Waals surface area (Å²) in [5, 5.41) is 5.99. The van der Waals surface area contributed by atoms with Crippen molar-refractivity contribution in [2.24, 2.45) is 0 Å². The first kappa shape index (κ1) is 9.97. The topological polar surface area (TPSA) is 59.9 Å². The van der Waals surface area contributed by atoms with Crippen molar-refractivity contribution >= 4 is 15.9 Å². The van der Waals surface area contributed by atoms with E-state index in [9.17, 15) is 4.79 Å². The van der Waals surface area contributed by atoms with Gasteiger partial charge in [0, 0.05) is 10.5 Å².